The van der Waals surface area contributed by atoms with E-state index in [1.807, 2.05) is 13.8 Å². The number of rotatable bonds is 4. The monoisotopic (exact) mass is 233 g/mol. The van der Waals surface area contributed by atoms with E-state index in [0.29, 0.717) is 6.61 Å². The highest BCUT2D eigenvalue weighted by Crippen LogP contribution is 2.29. The van der Waals surface area contributed by atoms with Gasteiger partial charge in [-0.2, -0.15) is 18.7 Å². The molecule has 0 saturated heterocycles. The van der Waals surface area contributed by atoms with Crippen LogP contribution in [0.2, 0.25) is 0 Å². The molecule has 1 atom stereocenters. The summed E-state index contributed by atoms with van der Waals surface area (Å²) in [5.41, 5.74) is 2.84. The Morgan fingerprint density at radius 1 is 1.25 bits per heavy atom. The smallest absolute Gasteiger partial charge is 0.302 e. The fourth-order valence-corrected chi connectivity index (χ4v) is 1.24. The highest BCUT2D eigenvalue weighted by molar-refractivity contribution is 5.26. The molecule has 0 spiro atoms. The minimum atomic E-state index is -4.28. The largest absolute Gasteiger partial charge is 0.416 e. The lowest BCUT2D eigenvalue weighted by Gasteiger charge is -2.14. The number of benzene rings is 1. The minimum Gasteiger partial charge on any atom is -0.302 e. The van der Waals surface area contributed by atoms with Gasteiger partial charge in [0.25, 0.3) is 0 Å². The van der Waals surface area contributed by atoms with Crippen molar-refractivity contribution in [3.05, 3.63) is 35.4 Å². The number of hydrogen-bond acceptors (Lipinski definition) is 2. The minimum absolute atomic E-state index is 0.137. The molecule has 5 heteroatoms. The van der Waals surface area contributed by atoms with Gasteiger partial charge in [-0.25, -0.2) is 0 Å². The number of alkyl halides is 3. The number of hydroxylamine groups is 1. The lowest BCUT2D eigenvalue weighted by molar-refractivity contribution is -0.137. The van der Waals surface area contributed by atoms with Crippen LogP contribution in [0.5, 0.6) is 0 Å². The zero-order valence-corrected chi connectivity index (χ0v) is 9.14. The Hall–Kier alpha value is -1.07. The maximum Gasteiger partial charge on any atom is 0.416 e. The van der Waals surface area contributed by atoms with Gasteiger partial charge in [-0.05, 0) is 31.5 Å². The Kier molecular flexibility index (Phi) is 4.32. The first-order valence-corrected chi connectivity index (χ1v) is 4.99. The molecule has 0 aliphatic rings. The molecule has 1 N–H and O–H groups in total. The van der Waals surface area contributed by atoms with E-state index in [-0.39, 0.29) is 6.04 Å². The average molecular weight is 233 g/mol. The van der Waals surface area contributed by atoms with Gasteiger partial charge < -0.3 is 4.84 Å². The molecule has 0 aliphatic heterocycles. The van der Waals surface area contributed by atoms with Crippen LogP contribution in [0, 0.1) is 0 Å². The normalized spacial score (nSPS) is 13.8. The summed E-state index contributed by atoms with van der Waals surface area (Å²) < 4.78 is 36.8. The van der Waals surface area contributed by atoms with E-state index in [4.69, 9.17) is 4.84 Å². The van der Waals surface area contributed by atoms with E-state index in [0.717, 1.165) is 17.7 Å². The zero-order valence-electron chi connectivity index (χ0n) is 9.14. The van der Waals surface area contributed by atoms with Crippen LogP contribution in [-0.2, 0) is 11.0 Å². The van der Waals surface area contributed by atoms with Crippen molar-refractivity contribution in [1.29, 1.82) is 0 Å². The molecular weight excluding hydrogens is 219 g/mol. The van der Waals surface area contributed by atoms with Crippen molar-refractivity contribution in [3.8, 4) is 0 Å². The fourth-order valence-electron chi connectivity index (χ4n) is 1.24. The lowest BCUT2D eigenvalue weighted by atomic mass is 10.1. The third kappa shape index (κ3) is 3.50. The summed E-state index contributed by atoms with van der Waals surface area (Å²) in [5.74, 6) is 0. The third-order valence-corrected chi connectivity index (χ3v) is 2.14. The summed E-state index contributed by atoms with van der Waals surface area (Å²) in [6.45, 7) is 4.15. The van der Waals surface area contributed by atoms with Crippen molar-refractivity contribution in [2.24, 2.45) is 0 Å². The Morgan fingerprint density at radius 3 is 2.25 bits per heavy atom. The van der Waals surface area contributed by atoms with Crippen LogP contribution in [0.25, 0.3) is 0 Å². The van der Waals surface area contributed by atoms with Crippen LogP contribution >= 0.6 is 0 Å². The van der Waals surface area contributed by atoms with Gasteiger partial charge in [-0.3, -0.25) is 0 Å². The summed E-state index contributed by atoms with van der Waals surface area (Å²) >= 11 is 0. The predicted molar refractivity (Wildman–Crippen MR) is 54.6 cm³/mol. The van der Waals surface area contributed by atoms with Crippen molar-refractivity contribution in [3.63, 3.8) is 0 Å². The molecule has 0 aliphatic carbocycles. The van der Waals surface area contributed by atoms with E-state index in [9.17, 15) is 13.2 Å². The Bertz CT molecular complexity index is 321. The molecule has 1 rings (SSSR count). The third-order valence-electron chi connectivity index (χ3n) is 2.14. The van der Waals surface area contributed by atoms with Crippen LogP contribution in [0.3, 0.4) is 0 Å². The summed E-state index contributed by atoms with van der Waals surface area (Å²) in [7, 11) is 0. The quantitative estimate of drug-likeness (QED) is 0.805. The second kappa shape index (κ2) is 5.32. The second-order valence-corrected chi connectivity index (χ2v) is 3.39. The van der Waals surface area contributed by atoms with E-state index in [1.54, 1.807) is 0 Å². The van der Waals surface area contributed by atoms with Crippen molar-refractivity contribution in [2.45, 2.75) is 26.1 Å². The van der Waals surface area contributed by atoms with E-state index >= 15 is 0 Å². The predicted octanol–water partition coefficient (Wildman–Crippen LogP) is 3.31. The molecule has 16 heavy (non-hydrogen) atoms. The van der Waals surface area contributed by atoms with Crippen LogP contribution < -0.4 is 5.48 Å². The highest BCUT2D eigenvalue weighted by Gasteiger charge is 2.30. The summed E-state index contributed by atoms with van der Waals surface area (Å²) in [6, 6.07) is 4.89. The molecule has 1 aromatic carbocycles. The Labute approximate surface area is 92.4 Å². The van der Waals surface area contributed by atoms with Crippen molar-refractivity contribution in [1.82, 2.24) is 5.48 Å². The summed E-state index contributed by atoms with van der Waals surface area (Å²) in [4.78, 5) is 4.97. The molecule has 2 nitrogen and oxygen atoms in total. The van der Waals surface area contributed by atoms with Gasteiger partial charge in [0.2, 0.25) is 0 Å². The topological polar surface area (TPSA) is 21.3 Å². The molecular formula is C11H14F3NO. The molecule has 1 aromatic rings. The summed E-state index contributed by atoms with van der Waals surface area (Å²) in [5, 5.41) is 0. The number of hydrogen-bond donors (Lipinski definition) is 1. The molecule has 0 heterocycles. The molecule has 0 bridgehead atoms. The van der Waals surface area contributed by atoms with E-state index < -0.39 is 11.7 Å². The molecule has 0 saturated carbocycles. The maximum atomic E-state index is 12.3. The zero-order chi connectivity index (χ0) is 12.2. The molecule has 1 unspecified atom stereocenters. The molecule has 0 aromatic heterocycles. The first kappa shape index (κ1) is 13.0. The summed E-state index contributed by atoms with van der Waals surface area (Å²) in [6.07, 6.45) is -4.28. The molecule has 90 valence electrons. The first-order chi connectivity index (χ1) is 7.45. The second-order valence-electron chi connectivity index (χ2n) is 3.39. The van der Waals surface area contributed by atoms with Crippen LogP contribution in [0.4, 0.5) is 13.2 Å². The van der Waals surface area contributed by atoms with Crippen molar-refractivity contribution in [2.75, 3.05) is 6.61 Å². The van der Waals surface area contributed by atoms with Gasteiger partial charge in [-0.1, -0.05) is 12.1 Å². The average Bonchev–Trinajstić information content (AvgIpc) is 2.25. The van der Waals surface area contributed by atoms with Gasteiger partial charge in [0, 0.05) is 0 Å². The molecule has 0 fully saturated rings. The lowest BCUT2D eigenvalue weighted by Crippen LogP contribution is -2.19. The van der Waals surface area contributed by atoms with Gasteiger partial charge in [0.1, 0.15) is 0 Å². The SMILES string of the molecule is CCONC(C)c1ccc(C(F)(F)F)cc1. The standard InChI is InChI=1S/C11H14F3NO/c1-3-16-15-8(2)9-4-6-10(7-5-9)11(12,13)14/h4-8,15H,3H2,1-2H3. The maximum absolute atomic E-state index is 12.3. The van der Waals surface area contributed by atoms with Crippen LogP contribution in [0.15, 0.2) is 24.3 Å². The van der Waals surface area contributed by atoms with E-state index in [2.05, 4.69) is 5.48 Å². The van der Waals surface area contributed by atoms with Gasteiger partial charge in [0.15, 0.2) is 0 Å². The molecule has 0 amide bonds. The Balaban J connectivity index is 2.71. The molecule has 0 radical (unpaired) electrons. The van der Waals surface area contributed by atoms with Gasteiger partial charge >= 0.3 is 6.18 Å². The van der Waals surface area contributed by atoms with E-state index in [1.165, 1.54) is 12.1 Å². The van der Waals surface area contributed by atoms with Gasteiger partial charge in [0.05, 0.1) is 18.2 Å². The number of nitrogens with one attached hydrogen (secondary N) is 1. The van der Waals surface area contributed by atoms with Crippen LogP contribution in [-0.4, -0.2) is 6.61 Å². The first-order valence-electron chi connectivity index (χ1n) is 4.99. The van der Waals surface area contributed by atoms with Gasteiger partial charge in [-0.15, -0.1) is 0 Å². The van der Waals surface area contributed by atoms with Crippen molar-refractivity contribution >= 4 is 0 Å². The number of halogens is 3. The fraction of sp³-hybridized carbons (Fsp3) is 0.455. The van der Waals surface area contributed by atoms with Crippen LogP contribution in [0.1, 0.15) is 31.0 Å². The van der Waals surface area contributed by atoms with Crippen molar-refractivity contribution < 1.29 is 18.0 Å². The Morgan fingerprint density at radius 2 is 1.81 bits per heavy atom. The highest BCUT2D eigenvalue weighted by atomic mass is 19.4.